The first-order valence-corrected chi connectivity index (χ1v) is 8.95. The van der Waals surface area contributed by atoms with E-state index in [9.17, 15) is 0 Å². The second-order valence-electron chi connectivity index (χ2n) is 5.80. The van der Waals surface area contributed by atoms with E-state index in [1.54, 1.807) is 0 Å². The fourth-order valence-corrected chi connectivity index (χ4v) is 2.61. The number of aliphatic imine (C=N–C) groups is 1. The van der Waals surface area contributed by atoms with Crippen LogP contribution in [0.5, 0.6) is 0 Å². The van der Waals surface area contributed by atoms with Crippen LogP contribution in [-0.4, -0.2) is 16.0 Å². The van der Waals surface area contributed by atoms with Gasteiger partial charge in [0.1, 0.15) is 0 Å². The van der Waals surface area contributed by atoms with Crippen molar-refractivity contribution in [3.05, 3.63) is 95.3 Å². The van der Waals surface area contributed by atoms with Crippen molar-refractivity contribution in [3.8, 4) is 11.5 Å². The highest BCUT2D eigenvalue weighted by Gasteiger charge is 2.06. The molecule has 4 rings (SSSR count). The molecule has 0 saturated heterocycles. The lowest BCUT2D eigenvalue weighted by atomic mass is 10.2. The van der Waals surface area contributed by atoms with Gasteiger partial charge in [0.05, 0.1) is 11.4 Å². The molecule has 3 aromatic carbocycles. The van der Waals surface area contributed by atoms with E-state index in [1.165, 1.54) is 0 Å². The van der Waals surface area contributed by atoms with Gasteiger partial charge in [-0.1, -0.05) is 48.5 Å². The van der Waals surface area contributed by atoms with Crippen LogP contribution in [0.25, 0.3) is 11.5 Å². The number of rotatable bonds is 4. The second-order valence-corrected chi connectivity index (χ2v) is 6.17. The first-order chi connectivity index (χ1) is 13.8. The molecule has 136 valence electrons. The van der Waals surface area contributed by atoms with Crippen LogP contribution in [0.3, 0.4) is 0 Å². The maximum absolute atomic E-state index is 5.33. The Morgan fingerprint density at radius 1 is 0.821 bits per heavy atom. The molecule has 0 atom stereocenters. The highest BCUT2D eigenvalue weighted by atomic mass is 32.1. The zero-order valence-electron chi connectivity index (χ0n) is 14.7. The van der Waals surface area contributed by atoms with Gasteiger partial charge in [0.15, 0.2) is 5.84 Å². The molecular formula is C21H15N5OS. The zero-order chi connectivity index (χ0) is 19.2. The zero-order valence-corrected chi connectivity index (χ0v) is 15.5. The summed E-state index contributed by atoms with van der Waals surface area (Å²) in [6.45, 7) is 0. The molecule has 28 heavy (non-hydrogen) atoms. The molecular weight excluding hydrogens is 370 g/mol. The van der Waals surface area contributed by atoms with Gasteiger partial charge >= 0.3 is 0 Å². The molecule has 1 aromatic heterocycles. The van der Waals surface area contributed by atoms with Gasteiger partial charge in [0.25, 0.3) is 4.84 Å². The maximum atomic E-state index is 5.33. The molecule has 0 saturated carbocycles. The van der Waals surface area contributed by atoms with Crippen molar-refractivity contribution in [1.29, 1.82) is 0 Å². The Morgan fingerprint density at radius 2 is 1.50 bits per heavy atom. The number of hydrogen-bond acceptors (Lipinski definition) is 5. The van der Waals surface area contributed by atoms with E-state index < -0.39 is 0 Å². The number of amidine groups is 1. The van der Waals surface area contributed by atoms with E-state index in [-0.39, 0.29) is 4.84 Å². The normalized spacial score (nSPS) is 11.8. The molecule has 1 heterocycles. The highest BCUT2D eigenvalue weighted by molar-refractivity contribution is 7.71. The molecule has 0 radical (unpaired) electrons. The van der Waals surface area contributed by atoms with Crippen molar-refractivity contribution in [2.75, 3.05) is 0 Å². The third kappa shape index (κ3) is 4.33. The van der Waals surface area contributed by atoms with E-state index in [1.807, 2.05) is 84.9 Å². The minimum Gasteiger partial charge on any atom is -0.409 e. The average Bonchev–Trinajstić information content (AvgIpc) is 3.19. The smallest absolute Gasteiger partial charge is 0.284 e. The summed E-state index contributed by atoms with van der Waals surface area (Å²) in [6, 6.07) is 26.7. The summed E-state index contributed by atoms with van der Waals surface area (Å²) < 4.78 is 5.33. The topological polar surface area (TPSA) is 78.9 Å². The van der Waals surface area contributed by atoms with Crippen LogP contribution < -0.4 is 0 Å². The van der Waals surface area contributed by atoms with Gasteiger partial charge in [0, 0.05) is 11.1 Å². The standard InChI is InChI=1S/C21H15N5OS/c28-21-26-25-20(27-21)16-11-13-17(14-12-16)22-19(15-7-3-1-4-8-15)24-23-18-9-5-2-6-10-18/h1-14H,(H,26,28). The van der Waals surface area contributed by atoms with Crippen molar-refractivity contribution >= 4 is 29.4 Å². The van der Waals surface area contributed by atoms with Crippen LogP contribution in [0.2, 0.25) is 0 Å². The van der Waals surface area contributed by atoms with Crippen molar-refractivity contribution < 1.29 is 4.42 Å². The van der Waals surface area contributed by atoms with E-state index >= 15 is 0 Å². The molecule has 0 unspecified atom stereocenters. The fourth-order valence-electron chi connectivity index (χ4n) is 2.49. The van der Waals surface area contributed by atoms with Crippen LogP contribution in [0.1, 0.15) is 5.56 Å². The Kier molecular flexibility index (Phi) is 5.26. The van der Waals surface area contributed by atoms with Crippen molar-refractivity contribution in [3.63, 3.8) is 0 Å². The average molecular weight is 385 g/mol. The van der Waals surface area contributed by atoms with E-state index in [0.717, 1.165) is 22.5 Å². The quantitative estimate of drug-likeness (QED) is 0.195. The summed E-state index contributed by atoms with van der Waals surface area (Å²) in [6.07, 6.45) is 0. The molecule has 6 nitrogen and oxygen atoms in total. The summed E-state index contributed by atoms with van der Waals surface area (Å²) in [5, 5.41) is 15.3. The van der Waals surface area contributed by atoms with E-state index in [0.29, 0.717) is 11.7 Å². The Hall–Kier alpha value is -3.71. The lowest BCUT2D eigenvalue weighted by Crippen LogP contribution is -1.95. The Bertz CT molecular complexity index is 1160. The summed E-state index contributed by atoms with van der Waals surface area (Å²) in [5.74, 6) is 0.960. The van der Waals surface area contributed by atoms with Gasteiger partial charge in [-0.25, -0.2) is 10.1 Å². The predicted octanol–water partition coefficient (Wildman–Crippen LogP) is 6.26. The second kappa shape index (κ2) is 8.32. The predicted molar refractivity (Wildman–Crippen MR) is 111 cm³/mol. The SMILES string of the molecule is S=c1[nH]nc(-c2ccc(N=C(N=Nc3ccccc3)c3ccccc3)cc2)o1. The Labute approximate surface area is 166 Å². The number of nitrogens with one attached hydrogen (secondary N) is 1. The van der Waals surface area contributed by atoms with Gasteiger partial charge < -0.3 is 4.42 Å². The van der Waals surface area contributed by atoms with E-state index in [4.69, 9.17) is 16.6 Å². The molecule has 0 aliphatic carbocycles. The molecule has 0 aliphatic heterocycles. The Balaban J connectivity index is 1.67. The first-order valence-electron chi connectivity index (χ1n) is 8.55. The fraction of sp³-hybridized carbons (Fsp3) is 0. The van der Waals surface area contributed by atoms with Gasteiger partial charge in [0.2, 0.25) is 5.89 Å². The minimum absolute atomic E-state index is 0.241. The van der Waals surface area contributed by atoms with Crippen LogP contribution in [0.4, 0.5) is 11.4 Å². The lowest BCUT2D eigenvalue weighted by Gasteiger charge is -2.02. The number of azo groups is 1. The van der Waals surface area contributed by atoms with Gasteiger partial charge in [-0.3, -0.25) is 0 Å². The number of hydrogen-bond donors (Lipinski definition) is 1. The summed E-state index contributed by atoms with van der Waals surface area (Å²) >= 11 is 4.91. The maximum Gasteiger partial charge on any atom is 0.284 e. The molecule has 0 bridgehead atoms. The van der Waals surface area contributed by atoms with E-state index in [2.05, 4.69) is 25.4 Å². The highest BCUT2D eigenvalue weighted by Crippen LogP contribution is 2.22. The van der Waals surface area contributed by atoms with Crippen LogP contribution >= 0.6 is 12.2 Å². The Morgan fingerprint density at radius 3 is 2.14 bits per heavy atom. The minimum atomic E-state index is 0.241. The third-order valence-corrected chi connectivity index (χ3v) is 4.01. The van der Waals surface area contributed by atoms with Crippen molar-refractivity contribution in [1.82, 2.24) is 10.2 Å². The molecule has 0 amide bonds. The third-order valence-electron chi connectivity index (χ3n) is 3.84. The van der Waals surface area contributed by atoms with Crippen LogP contribution in [-0.2, 0) is 0 Å². The monoisotopic (exact) mass is 385 g/mol. The number of aromatic amines is 1. The molecule has 0 fully saturated rings. The van der Waals surface area contributed by atoms with Crippen molar-refractivity contribution in [2.24, 2.45) is 15.2 Å². The summed E-state index contributed by atoms with van der Waals surface area (Å²) in [4.78, 5) is 4.90. The molecule has 7 heteroatoms. The van der Waals surface area contributed by atoms with Gasteiger partial charge in [-0.05, 0) is 48.6 Å². The molecule has 1 N–H and O–H groups in total. The molecule has 0 aliphatic rings. The van der Waals surface area contributed by atoms with Gasteiger partial charge in [-0.15, -0.1) is 15.3 Å². The molecule has 0 spiro atoms. The number of nitrogens with zero attached hydrogens (tertiary/aromatic N) is 4. The van der Waals surface area contributed by atoms with Gasteiger partial charge in [-0.2, -0.15) is 0 Å². The lowest BCUT2D eigenvalue weighted by molar-refractivity contribution is 0.552. The summed E-state index contributed by atoms with van der Waals surface area (Å²) in [5.41, 5.74) is 3.19. The number of H-pyrrole nitrogens is 1. The van der Waals surface area contributed by atoms with Crippen LogP contribution in [0, 0.1) is 4.84 Å². The number of aromatic nitrogens is 2. The largest absolute Gasteiger partial charge is 0.409 e. The van der Waals surface area contributed by atoms with Crippen LogP contribution in [0.15, 0.2) is 105 Å². The summed E-state index contributed by atoms with van der Waals surface area (Å²) in [7, 11) is 0. The first kappa shape index (κ1) is 17.7. The number of benzene rings is 3. The molecule has 4 aromatic rings. The van der Waals surface area contributed by atoms with Crippen molar-refractivity contribution in [2.45, 2.75) is 0 Å².